The zero-order chi connectivity index (χ0) is 27.9. The molecule has 1 fully saturated rings. The van der Waals surface area contributed by atoms with Gasteiger partial charge in [-0.15, -0.1) is 0 Å². The van der Waals surface area contributed by atoms with Crippen LogP contribution in [0.1, 0.15) is 47.4 Å². The number of halogens is 3. The zero-order valence-corrected chi connectivity index (χ0v) is 22.9. The Hall–Kier alpha value is -3.42. The molecule has 5 rings (SSSR count). The maximum atomic E-state index is 14.0. The van der Waals surface area contributed by atoms with Gasteiger partial charge in [0.1, 0.15) is 0 Å². The van der Waals surface area contributed by atoms with Gasteiger partial charge in [0.15, 0.2) is 5.69 Å². The third-order valence-electron chi connectivity index (χ3n) is 7.48. The van der Waals surface area contributed by atoms with E-state index in [4.69, 9.17) is 6.57 Å². The molecule has 1 unspecified atom stereocenters. The van der Waals surface area contributed by atoms with E-state index in [-0.39, 0.29) is 23.4 Å². The number of hydrogen-bond donors (Lipinski definition) is 0. The summed E-state index contributed by atoms with van der Waals surface area (Å²) in [7, 11) is 4.01. The van der Waals surface area contributed by atoms with Crippen LogP contribution in [0, 0.1) is 12.5 Å². The molecular weight excluding hydrogens is 523 g/mol. The molecule has 1 aromatic carbocycles. The number of thiophene rings is 1. The molecule has 10 heteroatoms. The fourth-order valence-corrected chi connectivity index (χ4v) is 6.43. The van der Waals surface area contributed by atoms with Gasteiger partial charge in [0.05, 0.1) is 13.1 Å². The minimum atomic E-state index is -4.61. The molecule has 3 aromatic rings. The Morgan fingerprint density at radius 2 is 2.00 bits per heavy atom. The number of hydrogen-bond acceptors (Lipinski definition) is 4. The Bertz CT molecular complexity index is 1440. The number of nitrogens with zero attached hydrogens (tertiary/aromatic N) is 5. The van der Waals surface area contributed by atoms with E-state index < -0.39 is 11.9 Å². The summed E-state index contributed by atoms with van der Waals surface area (Å²) in [5.41, 5.74) is 1.10. The summed E-state index contributed by atoms with van der Waals surface area (Å²) in [6.45, 7) is 10.3. The molecule has 0 saturated heterocycles. The van der Waals surface area contributed by atoms with Crippen molar-refractivity contribution in [2.45, 2.75) is 51.0 Å². The van der Waals surface area contributed by atoms with Crippen LogP contribution in [0.5, 0.6) is 0 Å². The highest BCUT2D eigenvalue weighted by atomic mass is 32.1. The van der Waals surface area contributed by atoms with Crippen LogP contribution in [0.25, 0.3) is 16.0 Å². The van der Waals surface area contributed by atoms with E-state index in [1.807, 2.05) is 32.3 Å². The Kier molecular flexibility index (Phi) is 7.40. The van der Waals surface area contributed by atoms with Gasteiger partial charge in [-0.1, -0.05) is 30.3 Å². The van der Waals surface area contributed by atoms with Crippen molar-refractivity contribution in [3.8, 4) is 11.1 Å². The average Bonchev–Trinajstić information content (AvgIpc) is 3.48. The highest BCUT2D eigenvalue weighted by Crippen LogP contribution is 2.45. The molecule has 1 amide bonds. The van der Waals surface area contributed by atoms with Crippen molar-refractivity contribution >= 4 is 22.2 Å². The van der Waals surface area contributed by atoms with Crippen LogP contribution in [-0.4, -0.2) is 52.2 Å². The van der Waals surface area contributed by atoms with E-state index in [0.717, 1.165) is 23.3 Å². The van der Waals surface area contributed by atoms with Crippen LogP contribution in [0.3, 0.4) is 0 Å². The van der Waals surface area contributed by atoms with Crippen molar-refractivity contribution < 1.29 is 18.0 Å². The van der Waals surface area contributed by atoms with Gasteiger partial charge >= 0.3 is 6.18 Å². The standard InChI is InChI=1S/C29H30F3N5OS/c1-5-37-16-23(28(34-37)29(30,31)32)20-9-7-6-8-19(20)22-15-36(17-25-21(22)14-26(33-2)39-25)27(38)13-12-24(35(3)4)18-10-11-18/h6-9,12-14,16,18,22,24H,5,10-11,15,17H2,1,3-4H3/b13-12+/t22-,24?/m0/s1. The number of benzene rings is 1. The molecule has 3 heterocycles. The van der Waals surface area contributed by atoms with Crippen LogP contribution < -0.4 is 0 Å². The molecule has 0 N–H and O–H groups in total. The summed E-state index contributed by atoms with van der Waals surface area (Å²) < 4.78 is 43.3. The summed E-state index contributed by atoms with van der Waals surface area (Å²) in [6, 6.07) is 9.03. The van der Waals surface area contributed by atoms with Gasteiger partial charge in [-0.2, -0.15) is 29.6 Å². The lowest BCUT2D eigenvalue weighted by molar-refractivity contribution is -0.141. The number of likely N-dealkylation sites (N-methyl/N-ethyl adjacent to an activating group) is 1. The number of carbonyl (C=O) groups is 1. The minimum Gasteiger partial charge on any atom is -0.333 e. The molecule has 0 spiro atoms. The second-order valence-corrected chi connectivity index (χ2v) is 11.4. The predicted octanol–water partition coefficient (Wildman–Crippen LogP) is 6.57. The Morgan fingerprint density at radius 1 is 1.26 bits per heavy atom. The van der Waals surface area contributed by atoms with Crippen LogP contribution >= 0.6 is 11.3 Å². The van der Waals surface area contributed by atoms with Crippen LogP contribution in [-0.2, 0) is 24.1 Å². The maximum Gasteiger partial charge on any atom is 0.435 e. The molecule has 204 valence electrons. The van der Waals surface area contributed by atoms with Crippen molar-refractivity contribution in [3.05, 3.63) is 81.8 Å². The topological polar surface area (TPSA) is 45.7 Å². The molecule has 1 aliphatic heterocycles. The van der Waals surface area contributed by atoms with Gasteiger partial charge in [0.25, 0.3) is 0 Å². The monoisotopic (exact) mass is 553 g/mol. The minimum absolute atomic E-state index is 0.0173. The molecule has 1 aliphatic carbocycles. The van der Waals surface area contributed by atoms with Crippen LogP contribution in [0.2, 0.25) is 0 Å². The number of fused-ring (bicyclic) bond motifs is 1. The highest BCUT2D eigenvalue weighted by molar-refractivity contribution is 7.16. The van der Waals surface area contributed by atoms with Gasteiger partial charge in [-0.25, -0.2) is 4.85 Å². The van der Waals surface area contributed by atoms with Crippen molar-refractivity contribution in [2.75, 3.05) is 20.6 Å². The lowest BCUT2D eigenvalue weighted by atomic mass is 9.83. The maximum absolute atomic E-state index is 14.0. The second-order valence-electron chi connectivity index (χ2n) is 10.3. The lowest BCUT2D eigenvalue weighted by Crippen LogP contribution is -2.37. The number of aryl methyl sites for hydroxylation is 1. The molecule has 2 aromatic heterocycles. The normalized spacial score (nSPS) is 18.4. The van der Waals surface area contributed by atoms with Crippen molar-refractivity contribution in [2.24, 2.45) is 5.92 Å². The SMILES string of the molecule is [C-]#[N+]c1cc2c(s1)CN(C(=O)/C=C/C(C1CC1)N(C)C)C[C@H]2c1ccccc1-c1cn(CC)nc1C(F)(F)F. The lowest BCUT2D eigenvalue weighted by Gasteiger charge is -2.34. The van der Waals surface area contributed by atoms with Crippen LogP contribution in [0.4, 0.5) is 18.2 Å². The summed E-state index contributed by atoms with van der Waals surface area (Å²) in [5, 5.41) is 4.32. The van der Waals surface area contributed by atoms with Crippen LogP contribution in [0.15, 0.2) is 48.7 Å². The first kappa shape index (κ1) is 27.2. The molecular formula is C29H30F3N5OS. The first-order chi connectivity index (χ1) is 18.6. The van der Waals surface area contributed by atoms with Gasteiger partial charge in [-0.3, -0.25) is 9.48 Å². The molecule has 0 radical (unpaired) electrons. The number of carbonyl (C=O) groups excluding carboxylic acids is 1. The van der Waals surface area contributed by atoms with E-state index in [0.29, 0.717) is 41.7 Å². The third-order valence-corrected chi connectivity index (χ3v) is 8.51. The first-order valence-electron chi connectivity index (χ1n) is 13.0. The summed E-state index contributed by atoms with van der Waals surface area (Å²) in [6.07, 6.45) is 2.72. The average molecular weight is 554 g/mol. The fraction of sp³-hybridized carbons (Fsp3) is 0.414. The first-order valence-corrected chi connectivity index (χ1v) is 13.8. The molecule has 2 atom stereocenters. The van der Waals surface area contributed by atoms with Gasteiger partial charge in [0.2, 0.25) is 10.9 Å². The highest BCUT2D eigenvalue weighted by Gasteiger charge is 2.39. The van der Waals surface area contributed by atoms with Crippen molar-refractivity contribution in [3.63, 3.8) is 0 Å². The van der Waals surface area contributed by atoms with Gasteiger partial charge < -0.3 is 9.80 Å². The van der Waals surface area contributed by atoms with E-state index in [9.17, 15) is 18.0 Å². The summed E-state index contributed by atoms with van der Waals surface area (Å²) in [4.78, 5) is 21.8. The van der Waals surface area contributed by atoms with E-state index in [1.54, 1.807) is 36.1 Å². The number of rotatable bonds is 7. The van der Waals surface area contributed by atoms with Crippen molar-refractivity contribution in [1.82, 2.24) is 19.6 Å². The fourth-order valence-electron chi connectivity index (χ4n) is 5.40. The van der Waals surface area contributed by atoms with Crippen molar-refractivity contribution in [1.29, 1.82) is 0 Å². The molecule has 39 heavy (non-hydrogen) atoms. The Morgan fingerprint density at radius 3 is 2.64 bits per heavy atom. The predicted molar refractivity (Wildman–Crippen MR) is 146 cm³/mol. The number of alkyl halides is 3. The Labute approximate surface area is 230 Å². The quantitative estimate of drug-likeness (QED) is 0.246. The summed E-state index contributed by atoms with van der Waals surface area (Å²) >= 11 is 1.34. The summed E-state index contributed by atoms with van der Waals surface area (Å²) in [5.74, 6) is 0.0402. The molecule has 1 saturated carbocycles. The molecule has 6 nitrogen and oxygen atoms in total. The molecule has 2 aliphatic rings. The van der Waals surface area contributed by atoms with E-state index >= 15 is 0 Å². The zero-order valence-electron chi connectivity index (χ0n) is 22.1. The van der Waals surface area contributed by atoms with Gasteiger partial charge in [0, 0.05) is 47.8 Å². The Balaban J connectivity index is 1.55. The third kappa shape index (κ3) is 5.52. The largest absolute Gasteiger partial charge is 0.435 e. The van der Waals surface area contributed by atoms with E-state index in [2.05, 4.69) is 14.8 Å². The molecule has 0 bridgehead atoms. The van der Waals surface area contributed by atoms with Gasteiger partial charge in [-0.05, 0) is 62.5 Å². The number of amides is 1. The smallest absolute Gasteiger partial charge is 0.333 e. The van der Waals surface area contributed by atoms with E-state index in [1.165, 1.54) is 22.2 Å². The number of aromatic nitrogens is 2. The second kappa shape index (κ2) is 10.6.